The fourth-order valence-electron chi connectivity index (χ4n) is 5.38. The first kappa shape index (κ1) is 32.1. The van der Waals surface area contributed by atoms with Gasteiger partial charge in [0, 0.05) is 26.6 Å². The smallest absolute Gasteiger partial charge is 0.416 e. The molecule has 2 atom stereocenters. The van der Waals surface area contributed by atoms with Crippen molar-refractivity contribution in [2.75, 3.05) is 11.5 Å². The molecule has 0 aliphatic heterocycles. The van der Waals surface area contributed by atoms with Crippen molar-refractivity contribution in [1.82, 2.24) is 5.32 Å². The molecule has 0 radical (unpaired) electrons. The highest BCUT2D eigenvalue weighted by Crippen LogP contribution is 2.82. The molecule has 1 amide bonds. The third-order valence-corrected chi connectivity index (χ3v) is 9.10. The third-order valence-electron chi connectivity index (χ3n) is 7.34. The van der Waals surface area contributed by atoms with Crippen LogP contribution in [0.1, 0.15) is 78.4 Å². The van der Waals surface area contributed by atoms with Gasteiger partial charge in [-0.2, -0.15) is 13.2 Å². The van der Waals surface area contributed by atoms with Crippen LogP contribution in [0.5, 0.6) is 0 Å². The van der Waals surface area contributed by atoms with Crippen LogP contribution in [0.3, 0.4) is 0 Å². The van der Waals surface area contributed by atoms with E-state index in [-0.39, 0.29) is 42.8 Å². The Morgan fingerprint density at radius 3 is 1.95 bits per heavy atom. The molecule has 0 aromatic heterocycles. The zero-order valence-electron chi connectivity index (χ0n) is 23.5. The van der Waals surface area contributed by atoms with Gasteiger partial charge in [0.2, 0.25) is 0 Å². The number of nitrogens with one attached hydrogen (secondary N) is 2. The number of carbonyl (C=O) groups is 2. The van der Waals surface area contributed by atoms with Crippen molar-refractivity contribution in [2.24, 2.45) is 5.41 Å². The normalized spacial score (nSPS) is 26.0. The topological polar surface area (TPSA) is 106 Å². The lowest BCUT2D eigenvalue weighted by atomic mass is 9.30. The molecular formula is C27H37F5N2O5S. The average Bonchev–Trinajstić information content (AvgIpc) is 2.72. The summed E-state index contributed by atoms with van der Waals surface area (Å²) >= 11 is 0. The molecular weight excluding hydrogens is 559 g/mol. The van der Waals surface area contributed by atoms with E-state index in [2.05, 4.69) is 5.32 Å². The van der Waals surface area contributed by atoms with Crippen molar-refractivity contribution >= 4 is 21.8 Å². The summed E-state index contributed by atoms with van der Waals surface area (Å²) in [5.41, 5.74) is -5.55. The second-order valence-electron chi connectivity index (χ2n) is 12.9. The second kappa shape index (κ2) is 10.1. The molecule has 2 bridgehead atoms. The van der Waals surface area contributed by atoms with Crippen LogP contribution >= 0.6 is 0 Å². The number of hydrogen-bond acceptors (Lipinski definition) is 6. The van der Waals surface area contributed by atoms with Gasteiger partial charge in [-0.05, 0) is 84.9 Å². The van der Waals surface area contributed by atoms with E-state index in [9.17, 15) is 27.0 Å². The fourth-order valence-corrected chi connectivity index (χ4v) is 6.92. The number of carbonyl (C=O) groups excluding carboxylic acids is 2. The van der Waals surface area contributed by atoms with E-state index in [1.165, 1.54) is 0 Å². The third kappa shape index (κ3) is 6.54. The first-order valence-corrected chi connectivity index (χ1v) is 14.8. The minimum Gasteiger partial charge on any atom is -0.458 e. The molecule has 1 unspecified atom stereocenters. The zero-order valence-corrected chi connectivity index (χ0v) is 24.3. The molecule has 3 aliphatic rings. The maximum absolute atomic E-state index is 15.2. The summed E-state index contributed by atoms with van der Waals surface area (Å²) in [7, 11) is -3.42. The summed E-state index contributed by atoms with van der Waals surface area (Å²) in [6.07, 6.45) is -5.86. The molecule has 0 saturated heterocycles. The molecule has 2 N–H and O–H groups in total. The highest BCUT2D eigenvalue weighted by atomic mass is 32.2. The Bertz CT molecular complexity index is 1230. The Balaban J connectivity index is 1.62. The van der Waals surface area contributed by atoms with Crippen LogP contribution in [-0.4, -0.2) is 50.9 Å². The Hall–Kier alpha value is -2.44. The number of hydrogen-bond donors (Lipinski definition) is 2. The fraction of sp³-hybridized carbons (Fsp3) is 0.704. The number of alkyl halides is 5. The van der Waals surface area contributed by atoms with E-state index in [4.69, 9.17) is 14.3 Å². The number of benzene rings is 1. The highest BCUT2D eigenvalue weighted by Gasteiger charge is 2.87. The summed E-state index contributed by atoms with van der Waals surface area (Å²) in [4.78, 5) is 24.9. The molecule has 3 fully saturated rings. The van der Waals surface area contributed by atoms with Crippen molar-refractivity contribution in [3.8, 4) is 0 Å². The van der Waals surface area contributed by atoms with Crippen LogP contribution in [0.2, 0.25) is 0 Å². The molecule has 0 spiro atoms. The van der Waals surface area contributed by atoms with Crippen LogP contribution in [0, 0.1) is 10.2 Å². The second-order valence-corrected chi connectivity index (χ2v) is 15.3. The Morgan fingerprint density at radius 2 is 1.50 bits per heavy atom. The Kier molecular flexibility index (Phi) is 8.12. The van der Waals surface area contributed by atoms with E-state index in [0.29, 0.717) is 0 Å². The average molecular weight is 597 g/mol. The molecule has 1 aromatic carbocycles. The summed E-state index contributed by atoms with van der Waals surface area (Å²) in [5.74, 6) is -4.72. The van der Waals surface area contributed by atoms with E-state index in [0.717, 1.165) is 24.3 Å². The number of amides is 1. The van der Waals surface area contributed by atoms with Gasteiger partial charge in [0.15, 0.2) is 0 Å². The standard InChI is InChI=1S/C27H37F5N2O5S/c1-22(2,3)38-20(35)19(34-21(36)39-23(4,5)6)11-13-40(33,37)14-12-24-15-25(16-24,27(24,31)32)17-7-9-18(10-8-17)26(28,29)30/h7-10,19,33H,11-16H2,1-6H3,(H,34,36)/t19-,24?,25?,40?/m0/s1. The summed E-state index contributed by atoms with van der Waals surface area (Å²) < 4.78 is 101. The van der Waals surface area contributed by atoms with Gasteiger partial charge in [-0.15, -0.1) is 0 Å². The maximum atomic E-state index is 15.2. The van der Waals surface area contributed by atoms with E-state index >= 15 is 8.78 Å². The van der Waals surface area contributed by atoms with Crippen LogP contribution in [0.15, 0.2) is 24.3 Å². The van der Waals surface area contributed by atoms with Crippen LogP contribution in [0.25, 0.3) is 0 Å². The molecule has 7 nitrogen and oxygen atoms in total. The Morgan fingerprint density at radius 1 is 0.975 bits per heavy atom. The van der Waals surface area contributed by atoms with Gasteiger partial charge in [0.25, 0.3) is 5.92 Å². The number of alkyl carbamates (subject to hydrolysis) is 1. The van der Waals surface area contributed by atoms with Gasteiger partial charge in [-0.3, -0.25) is 4.78 Å². The van der Waals surface area contributed by atoms with E-state index in [1.54, 1.807) is 41.5 Å². The molecule has 3 aliphatic carbocycles. The maximum Gasteiger partial charge on any atom is 0.416 e. The molecule has 4 rings (SSSR count). The number of ether oxygens (including phenoxy) is 2. The SMILES string of the molecule is CC(C)(C)OC(=O)N[C@@H](CCS(=N)(=O)CCC12CC(c3ccc(C(F)(F)F)cc3)(C1)C2(F)F)C(=O)OC(C)(C)C. The minimum atomic E-state index is -4.57. The lowest BCUT2D eigenvalue weighted by Gasteiger charge is -2.76. The lowest BCUT2D eigenvalue weighted by Crippen LogP contribution is -2.81. The van der Waals surface area contributed by atoms with Crippen molar-refractivity contribution in [3.63, 3.8) is 0 Å². The van der Waals surface area contributed by atoms with Gasteiger partial charge < -0.3 is 14.8 Å². The predicted octanol–water partition coefficient (Wildman–Crippen LogP) is 6.43. The van der Waals surface area contributed by atoms with Gasteiger partial charge >= 0.3 is 18.2 Å². The summed E-state index contributed by atoms with van der Waals surface area (Å²) in [6, 6.07) is 2.49. The molecule has 0 heterocycles. The van der Waals surface area contributed by atoms with Gasteiger partial charge in [0.05, 0.1) is 11.0 Å². The zero-order chi connectivity index (χ0) is 30.6. The molecule has 13 heteroatoms. The number of halogens is 5. The first-order chi connectivity index (χ1) is 17.9. The molecule has 226 valence electrons. The molecule has 1 aromatic rings. The van der Waals surface area contributed by atoms with Gasteiger partial charge in [-0.1, -0.05) is 12.1 Å². The van der Waals surface area contributed by atoms with Crippen molar-refractivity contribution in [3.05, 3.63) is 35.4 Å². The van der Waals surface area contributed by atoms with E-state index < -0.39 is 67.5 Å². The van der Waals surface area contributed by atoms with Crippen LogP contribution < -0.4 is 5.32 Å². The number of rotatable bonds is 9. The lowest BCUT2D eigenvalue weighted by molar-refractivity contribution is -0.371. The minimum absolute atomic E-state index is 0.0224. The van der Waals surface area contributed by atoms with E-state index in [1.807, 2.05) is 0 Å². The van der Waals surface area contributed by atoms with Crippen molar-refractivity contribution in [2.45, 2.75) is 102 Å². The van der Waals surface area contributed by atoms with Crippen LogP contribution in [-0.2, 0) is 35.6 Å². The van der Waals surface area contributed by atoms with Gasteiger partial charge in [0.1, 0.15) is 17.2 Å². The number of esters is 1. The largest absolute Gasteiger partial charge is 0.458 e. The van der Waals surface area contributed by atoms with Crippen molar-refractivity contribution in [1.29, 1.82) is 4.78 Å². The summed E-state index contributed by atoms with van der Waals surface area (Å²) in [6.45, 7) is 9.79. The predicted molar refractivity (Wildman–Crippen MR) is 139 cm³/mol. The molecule has 40 heavy (non-hydrogen) atoms. The first-order valence-electron chi connectivity index (χ1n) is 12.9. The molecule has 3 saturated carbocycles. The highest BCUT2D eigenvalue weighted by molar-refractivity contribution is 7.92. The monoisotopic (exact) mass is 596 g/mol. The van der Waals surface area contributed by atoms with Gasteiger partial charge in [-0.25, -0.2) is 22.6 Å². The quantitative estimate of drug-likeness (QED) is 0.252. The Labute approximate surface area is 231 Å². The van der Waals surface area contributed by atoms with Crippen molar-refractivity contribution < 1.29 is 45.2 Å². The summed E-state index contributed by atoms with van der Waals surface area (Å²) in [5, 5.41) is 2.39. The van der Waals surface area contributed by atoms with Crippen LogP contribution in [0.4, 0.5) is 26.7 Å².